The molecule has 0 rings (SSSR count). The Bertz CT molecular complexity index is 133. The molecule has 3 N–H and O–H groups in total. The molecular formula is C9H21N2OP. The van der Waals surface area contributed by atoms with Crippen LogP contribution < -0.4 is 10.8 Å². The second kappa shape index (κ2) is 8.64. The van der Waals surface area contributed by atoms with Crippen LogP contribution in [-0.2, 0) is 4.52 Å². The van der Waals surface area contributed by atoms with E-state index in [1.165, 1.54) is 0 Å². The van der Waals surface area contributed by atoms with Gasteiger partial charge in [-0.1, -0.05) is 6.08 Å². The molecule has 0 aliphatic heterocycles. The van der Waals surface area contributed by atoms with Crippen LogP contribution in [0.25, 0.3) is 0 Å². The van der Waals surface area contributed by atoms with Gasteiger partial charge in [0, 0.05) is 6.54 Å². The van der Waals surface area contributed by atoms with Crippen LogP contribution >= 0.6 is 8.30 Å². The molecule has 2 unspecified atom stereocenters. The largest absolute Gasteiger partial charge is 0.341 e. The maximum Gasteiger partial charge on any atom is 0.0985 e. The molecule has 0 saturated carbocycles. The molecule has 0 aliphatic rings. The molecule has 0 radical (unpaired) electrons. The Hall–Kier alpha value is 0.0500. The van der Waals surface area contributed by atoms with Crippen molar-refractivity contribution < 1.29 is 4.52 Å². The first-order valence-electron chi connectivity index (χ1n) is 4.65. The van der Waals surface area contributed by atoms with Gasteiger partial charge in [0.15, 0.2) is 0 Å². The van der Waals surface area contributed by atoms with Gasteiger partial charge in [-0.2, -0.15) is 0 Å². The summed E-state index contributed by atoms with van der Waals surface area (Å²) in [4.78, 5) is 0. The van der Waals surface area contributed by atoms with Crippen LogP contribution in [0.1, 0.15) is 19.8 Å². The fourth-order valence-corrected chi connectivity index (χ4v) is 2.06. The zero-order valence-electron chi connectivity index (χ0n) is 8.62. The topological polar surface area (TPSA) is 47.3 Å². The summed E-state index contributed by atoms with van der Waals surface area (Å²) in [5.74, 6) is 0. The first-order valence-corrected chi connectivity index (χ1v) is 6.36. The van der Waals surface area contributed by atoms with Gasteiger partial charge in [-0.25, -0.2) is 0 Å². The third-order valence-corrected chi connectivity index (χ3v) is 2.92. The van der Waals surface area contributed by atoms with E-state index in [0.717, 1.165) is 25.9 Å². The molecule has 0 saturated heterocycles. The van der Waals surface area contributed by atoms with Gasteiger partial charge >= 0.3 is 0 Å². The van der Waals surface area contributed by atoms with Crippen LogP contribution in [0.15, 0.2) is 12.7 Å². The molecule has 0 spiro atoms. The lowest BCUT2D eigenvalue weighted by atomic mass is 10.2. The summed E-state index contributed by atoms with van der Waals surface area (Å²) in [6.45, 7) is 9.35. The molecule has 4 heteroatoms. The molecule has 0 aromatic rings. The first-order chi connectivity index (χ1) is 6.20. The standard InChI is InChI=1S/C9H21N2OP/c1-4-8-11-13(3)12-9(2)6-5-7-10/h4,9,11H,1,5-8,10H2,2-3H3. The minimum atomic E-state index is -0.504. The van der Waals surface area contributed by atoms with E-state index in [-0.39, 0.29) is 0 Å². The predicted molar refractivity (Wildman–Crippen MR) is 59.9 cm³/mol. The van der Waals surface area contributed by atoms with E-state index < -0.39 is 8.30 Å². The van der Waals surface area contributed by atoms with Crippen LogP contribution in [0.4, 0.5) is 0 Å². The van der Waals surface area contributed by atoms with E-state index in [2.05, 4.69) is 25.3 Å². The lowest BCUT2D eigenvalue weighted by Crippen LogP contribution is -2.14. The number of hydrogen-bond acceptors (Lipinski definition) is 3. The van der Waals surface area contributed by atoms with Gasteiger partial charge in [0.05, 0.1) is 14.4 Å². The highest BCUT2D eigenvalue weighted by atomic mass is 31.2. The average molecular weight is 204 g/mol. The molecular weight excluding hydrogens is 183 g/mol. The Morgan fingerprint density at radius 3 is 2.92 bits per heavy atom. The summed E-state index contributed by atoms with van der Waals surface area (Å²) in [6, 6.07) is 0. The van der Waals surface area contributed by atoms with Gasteiger partial charge in [0.1, 0.15) is 0 Å². The molecule has 0 aliphatic carbocycles. The third kappa shape index (κ3) is 8.38. The second-order valence-corrected chi connectivity index (χ2v) is 4.52. The maximum absolute atomic E-state index is 5.70. The van der Waals surface area contributed by atoms with Crippen molar-refractivity contribution in [3.05, 3.63) is 12.7 Å². The van der Waals surface area contributed by atoms with E-state index in [0.29, 0.717) is 6.10 Å². The smallest absolute Gasteiger partial charge is 0.0985 e. The minimum Gasteiger partial charge on any atom is -0.341 e. The summed E-state index contributed by atoms with van der Waals surface area (Å²) < 4.78 is 5.70. The Kier molecular flexibility index (Phi) is 8.67. The van der Waals surface area contributed by atoms with E-state index in [1.807, 2.05) is 6.08 Å². The molecule has 2 atom stereocenters. The molecule has 78 valence electrons. The molecule has 0 bridgehead atoms. The molecule has 0 fully saturated rings. The van der Waals surface area contributed by atoms with Crippen LogP contribution in [-0.4, -0.2) is 25.9 Å². The summed E-state index contributed by atoms with van der Waals surface area (Å²) in [7, 11) is -0.504. The number of nitrogens with two attached hydrogens (primary N) is 1. The Labute approximate surface area is 82.6 Å². The molecule has 3 nitrogen and oxygen atoms in total. The second-order valence-electron chi connectivity index (χ2n) is 3.00. The Balaban J connectivity index is 3.40. The highest BCUT2D eigenvalue weighted by Crippen LogP contribution is 2.29. The Morgan fingerprint density at radius 1 is 1.69 bits per heavy atom. The van der Waals surface area contributed by atoms with Gasteiger partial charge in [0.25, 0.3) is 0 Å². The van der Waals surface area contributed by atoms with Gasteiger partial charge in [-0.05, 0) is 33.0 Å². The van der Waals surface area contributed by atoms with Crippen molar-refractivity contribution in [2.45, 2.75) is 25.9 Å². The van der Waals surface area contributed by atoms with Gasteiger partial charge in [-0.15, -0.1) is 6.58 Å². The van der Waals surface area contributed by atoms with Crippen molar-refractivity contribution >= 4 is 8.30 Å². The first kappa shape index (κ1) is 13.1. The van der Waals surface area contributed by atoms with Crippen molar-refractivity contribution in [2.75, 3.05) is 19.8 Å². The monoisotopic (exact) mass is 204 g/mol. The number of hydrogen-bond donors (Lipinski definition) is 2. The van der Waals surface area contributed by atoms with Gasteiger partial charge in [0.2, 0.25) is 0 Å². The van der Waals surface area contributed by atoms with E-state index in [1.54, 1.807) is 0 Å². The Morgan fingerprint density at radius 2 is 2.38 bits per heavy atom. The zero-order chi connectivity index (χ0) is 10.1. The zero-order valence-corrected chi connectivity index (χ0v) is 9.52. The normalized spacial score (nSPS) is 15.3. The van der Waals surface area contributed by atoms with E-state index >= 15 is 0 Å². The minimum absolute atomic E-state index is 0.303. The van der Waals surface area contributed by atoms with Crippen molar-refractivity contribution in [2.24, 2.45) is 5.73 Å². The van der Waals surface area contributed by atoms with Crippen LogP contribution in [0.3, 0.4) is 0 Å². The lowest BCUT2D eigenvalue weighted by Gasteiger charge is -2.18. The summed E-state index contributed by atoms with van der Waals surface area (Å²) in [6.07, 6.45) is 4.22. The highest BCUT2D eigenvalue weighted by Gasteiger charge is 2.06. The average Bonchev–Trinajstić information content (AvgIpc) is 2.11. The number of nitrogens with one attached hydrogen (secondary N) is 1. The van der Waals surface area contributed by atoms with Crippen LogP contribution in [0.2, 0.25) is 0 Å². The van der Waals surface area contributed by atoms with Crippen LogP contribution in [0.5, 0.6) is 0 Å². The van der Waals surface area contributed by atoms with Crippen molar-refractivity contribution in [3.8, 4) is 0 Å². The van der Waals surface area contributed by atoms with Crippen LogP contribution in [0, 0.1) is 0 Å². The van der Waals surface area contributed by atoms with Gasteiger partial charge < -0.3 is 10.3 Å². The summed E-state index contributed by atoms with van der Waals surface area (Å²) in [5.41, 5.74) is 5.41. The number of rotatable bonds is 8. The molecule has 13 heavy (non-hydrogen) atoms. The fourth-order valence-electron chi connectivity index (χ4n) is 0.958. The van der Waals surface area contributed by atoms with Gasteiger partial charge in [-0.3, -0.25) is 5.09 Å². The maximum atomic E-state index is 5.70. The summed E-state index contributed by atoms with van der Waals surface area (Å²) >= 11 is 0. The van der Waals surface area contributed by atoms with E-state index in [9.17, 15) is 0 Å². The predicted octanol–water partition coefficient (Wildman–Crippen LogP) is 1.85. The quantitative estimate of drug-likeness (QED) is 0.468. The van der Waals surface area contributed by atoms with Crippen molar-refractivity contribution in [1.29, 1.82) is 0 Å². The third-order valence-electron chi connectivity index (χ3n) is 1.61. The van der Waals surface area contributed by atoms with Crippen molar-refractivity contribution in [1.82, 2.24) is 5.09 Å². The van der Waals surface area contributed by atoms with Crippen molar-refractivity contribution in [3.63, 3.8) is 0 Å². The molecule has 0 aromatic carbocycles. The SMILES string of the molecule is C=CCNP(C)OC(C)CCCN. The summed E-state index contributed by atoms with van der Waals surface area (Å²) in [5, 5.41) is 3.23. The molecule has 0 heterocycles. The van der Waals surface area contributed by atoms with E-state index in [4.69, 9.17) is 10.3 Å². The lowest BCUT2D eigenvalue weighted by molar-refractivity contribution is 0.231. The molecule has 0 amide bonds. The fraction of sp³-hybridized carbons (Fsp3) is 0.778. The highest BCUT2D eigenvalue weighted by molar-refractivity contribution is 7.49. The molecule has 0 aromatic heterocycles.